The number of aliphatic hydroxyl groups is 2. The molecule has 0 aliphatic carbocycles. The zero-order valence-corrected chi connectivity index (χ0v) is 27.5. The third kappa shape index (κ3) is 27.3. The molecule has 0 radical (unpaired) electrons. The van der Waals surface area contributed by atoms with E-state index in [0.29, 0.717) is 5.02 Å². The number of halogens is 6. The highest BCUT2D eigenvalue weighted by molar-refractivity contribution is 6.75. The van der Waals surface area contributed by atoms with Gasteiger partial charge in [0.25, 0.3) is 3.79 Å². The number of carboxylic acids is 5. The molecule has 0 amide bonds. The van der Waals surface area contributed by atoms with Crippen molar-refractivity contribution in [1.29, 1.82) is 0 Å². The van der Waals surface area contributed by atoms with E-state index in [2.05, 4.69) is 6.92 Å². The molecule has 0 aliphatic heterocycles. The lowest BCUT2D eigenvalue weighted by Gasteiger charge is -2.07. The molecular weight excluding hydrogens is 721 g/mol. The Balaban J connectivity index is -0.000000525. The Bertz CT molecular complexity index is 1060. The number of rotatable bonds is 14. The number of carbonyl (C=O) groups is 5. The van der Waals surface area contributed by atoms with Crippen molar-refractivity contribution < 1.29 is 64.5 Å². The van der Waals surface area contributed by atoms with Crippen LogP contribution in [-0.2, 0) is 24.0 Å². The van der Waals surface area contributed by atoms with Crippen LogP contribution in [0.15, 0.2) is 24.3 Å². The number of aliphatic hydroxyl groups excluding tert-OH is 2. The summed E-state index contributed by atoms with van der Waals surface area (Å²) in [6.45, 7) is 1.73. The first-order valence-corrected chi connectivity index (χ1v) is 14.5. The van der Waals surface area contributed by atoms with E-state index in [1.54, 1.807) is 6.08 Å². The first-order valence-electron chi connectivity index (χ1n) is 12.2. The Morgan fingerprint density at radius 3 is 1.59 bits per heavy atom. The second-order valence-electron chi connectivity index (χ2n) is 8.05. The monoisotopic (exact) mass is 750 g/mol. The quantitative estimate of drug-likeness (QED) is 0.0515. The topological polar surface area (TPSA) is 236 Å². The summed E-state index contributed by atoms with van der Waals surface area (Å²) in [6.07, 6.45) is 6.89. The third-order valence-corrected chi connectivity index (χ3v) is 5.86. The van der Waals surface area contributed by atoms with Gasteiger partial charge < -0.3 is 40.5 Å². The van der Waals surface area contributed by atoms with E-state index >= 15 is 0 Å². The molecule has 2 atom stereocenters. The summed E-state index contributed by atoms with van der Waals surface area (Å²) < 4.78 is 2.69. The minimum absolute atomic E-state index is 0.198. The number of aliphatic carboxylic acids is 5. The predicted octanol–water partition coefficient (Wildman–Crippen LogP) is 5.81. The fraction of sp³-hybridized carbons (Fsp3) is 0.480. The lowest BCUT2D eigenvalue weighted by molar-refractivity contribution is -0.165. The van der Waals surface area contributed by atoms with Gasteiger partial charge in [-0.3, -0.25) is 0 Å². The molecule has 13 nitrogen and oxygen atoms in total. The van der Waals surface area contributed by atoms with E-state index in [-0.39, 0.29) is 15.8 Å². The summed E-state index contributed by atoms with van der Waals surface area (Å²) in [4.78, 5) is 49.5. The Morgan fingerprint density at radius 1 is 0.773 bits per heavy atom. The van der Waals surface area contributed by atoms with Gasteiger partial charge in [-0.15, -0.1) is 0 Å². The van der Waals surface area contributed by atoms with Gasteiger partial charge in [-0.1, -0.05) is 115 Å². The number of hydrogen-bond donors (Lipinski definition) is 7. The summed E-state index contributed by atoms with van der Waals surface area (Å²) in [5, 5.41) is 57.8. The molecule has 19 heteroatoms. The first kappa shape index (κ1) is 46.2. The molecule has 252 valence electrons. The lowest BCUT2D eigenvalue weighted by Crippen LogP contribution is -2.39. The number of benzene rings is 1. The zero-order valence-electron chi connectivity index (χ0n) is 23.0. The molecule has 44 heavy (non-hydrogen) atoms. The van der Waals surface area contributed by atoms with Crippen molar-refractivity contribution in [1.82, 2.24) is 0 Å². The van der Waals surface area contributed by atoms with Crippen molar-refractivity contribution >= 4 is 99.5 Å². The fourth-order valence-electron chi connectivity index (χ4n) is 2.25. The SMILES string of the molecule is CCCCCCCCC=CC(=O)O.O=C(O)C(Cl)(Cl)Cl.O=C(O)C(O)C(O)C(=O)O.O=C(O)COc1cc(Cl)c(Cl)cc1Cl. The van der Waals surface area contributed by atoms with E-state index in [1.165, 1.54) is 50.3 Å². The highest BCUT2D eigenvalue weighted by Gasteiger charge is 2.30. The predicted molar refractivity (Wildman–Crippen MR) is 165 cm³/mol. The number of carboxylic acid groups (broad SMARTS) is 5. The Kier molecular flexibility index (Phi) is 27.3. The van der Waals surface area contributed by atoms with Gasteiger partial charge in [0.15, 0.2) is 18.8 Å². The molecule has 0 bridgehead atoms. The van der Waals surface area contributed by atoms with Gasteiger partial charge in [0.2, 0.25) is 0 Å². The molecular formula is C25H32Cl6O13. The molecule has 0 heterocycles. The molecule has 0 spiro atoms. The van der Waals surface area contributed by atoms with Crippen molar-refractivity contribution in [2.45, 2.75) is 67.9 Å². The Hall–Kier alpha value is -2.23. The lowest BCUT2D eigenvalue weighted by atomic mass is 10.1. The van der Waals surface area contributed by atoms with Crippen LogP contribution < -0.4 is 4.74 Å². The van der Waals surface area contributed by atoms with Crippen LogP contribution in [0, 0.1) is 0 Å². The molecule has 0 saturated carbocycles. The standard InChI is InChI=1S/C11H20O2.C8H5Cl3O3.C4H6O6.C2HCl3O2/c1-2-3-4-5-6-7-8-9-10-11(12)13;9-4-1-6(11)7(2-5(4)10)14-3-8(12)13;5-1(3(7)8)2(6)4(9)10;3-2(4,5)1(6)7/h9-10H,2-8H2,1H3,(H,12,13);1-2H,3H2,(H,12,13);1-2,5-6H,(H,7,8)(H,9,10);(H,6,7). The summed E-state index contributed by atoms with van der Waals surface area (Å²) in [7, 11) is 0. The van der Waals surface area contributed by atoms with Crippen molar-refractivity contribution in [2.75, 3.05) is 6.61 Å². The summed E-state index contributed by atoms with van der Waals surface area (Å²) >= 11 is 31.5. The average molecular weight is 753 g/mol. The molecule has 0 aliphatic rings. The van der Waals surface area contributed by atoms with Crippen LogP contribution in [0.4, 0.5) is 0 Å². The minimum Gasteiger partial charge on any atom is -0.480 e. The smallest absolute Gasteiger partial charge is 0.356 e. The third-order valence-electron chi connectivity index (χ3n) is 4.36. The summed E-state index contributed by atoms with van der Waals surface area (Å²) in [5.41, 5.74) is 0. The average Bonchev–Trinajstić information content (AvgIpc) is 2.90. The van der Waals surface area contributed by atoms with Gasteiger partial charge in [0, 0.05) is 12.1 Å². The number of alkyl halides is 3. The van der Waals surface area contributed by atoms with Crippen LogP contribution in [0.25, 0.3) is 0 Å². The number of hydrogen-bond acceptors (Lipinski definition) is 8. The van der Waals surface area contributed by atoms with Crippen LogP contribution in [-0.4, -0.2) is 88.2 Å². The minimum atomic E-state index is -2.27. The Morgan fingerprint density at radius 2 is 1.20 bits per heavy atom. The van der Waals surface area contributed by atoms with Crippen LogP contribution >= 0.6 is 69.6 Å². The van der Waals surface area contributed by atoms with Crippen LogP contribution in [0.2, 0.25) is 15.1 Å². The van der Waals surface area contributed by atoms with Gasteiger partial charge in [0.05, 0.1) is 15.1 Å². The maximum Gasteiger partial charge on any atom is 0.356 e. The highest BCUT2D eigenvalue weighted by Crippen LogP contribution is 2.33. The van der Waals surface area contributed by atoms with Gasteiger partial charge in [-0.25, -0.2) is 24.0 Å². The zero-order chi connectivity index (χ0) is 35.0. The second kappa shape index (κ2) is 26.0. The van der Waals surface area contributed by atoms with E-state index in [0.717, 1.165) is 12.8 Å². The summed E-state index contributed by atoms with van der Waals surface area (Å²) in [5.74, 6) is -6.73. The van der Waals surface area contributed by atoms with Crippen molar-refractivity contribution in [2.24, 2.45) is 0 Å². The number of allylic oxidation sites excluding steroid dienone is 1. The highest BCUT2D eigenvalue weighted by atomic mass is 35.6. The molecule has 0 aromatic heterocycles. The van der Waals surface area contributed by atoms with Gasteiger partial charge in [-0.2, -0.15) is 0 Å². The number of unbranched alkanes of at least 4 members (excludes halogenated alkanes) is 6. The van der Waals surface area contributed by atoms with Crippen molar-refractivity contribution in [3.8, 4) is 5.75 Å². The van der Waals surface area contributed by atoms with Gasteiger partial charge >= 0.3 is 29.8 Å². The van der Waals surface area contributed by atoms with E-state index in [4.69, 9.17) is 110 Å². The van der Waals surface area contributed by atoms with E-state index in [9.17, 15) is 24.0 Å². The normalized spacial score (nSPS) is 11.8. The molecule has 0 fully saturated rings. The second-order valence-corrected chi connectivity index (χ2v) is 11.5. The Labute approximate surface area is 282 Å². The fourth-order valence-corrected chi connectivity index (χ4v) is 2.84. The van der Waals surface area contributed by atoms with E-state index < -0.39 is 52.5 Å². The van der Waals surface area contributed by atoms with Crippen molar-refractivity contribution in [3.63, 3.8) is 0 Å². The maximum atomic E-state index is 10.2. The van der Waals surface area contributed by atoms with Gasteiger partial charge in [0.1, 0.15) is 5.75 Å². The number of ether oxygens (including phenoxy) is 1. The van der Waals surface area contributed by atoms with Crippen LogP contribution in [0.3, 0.4) is 0 Å². The maximum absolute atomic E-state index is 10.2. The largest absolute Gasteiger partial charge is 0.480 e. The molecule has 0 saturated heterocycles. The van der Waals surface area contributed by atoms with E-state index in [1.807, 2.05) is 0 Å². The molecule has 2 unspecified atom stereocenters. The van der Waals surface area contributed by atoms with Crippen LogP contribution in [0.1, 0.15) is 51.9 Å². The molecule has 1 rings (SSSR count). The molecule has 7 N–H and O–H groups in total. The summed E-state index contributed by atoms with van der Waals surface area (Å²) in [6, 6.07) is 2.76. The van der Waals surface area contributed by atoms with Crippen molar-refractivity contribution in [3.05, 3.63) is 39.4 Å². The first-order chi connectivity index (χ1) is 20.2. The molecule has 1 aromatic carbocycles. The van der Waals surface area contributed by atoms with Crippen LogP contribution in [0.5, 0.6) is 5.75 Å². The molecule has 1 aromatic rings. The van der Waals surface area contributed by atoms with Gasteiger partial charge in [-0.05, 0) is 18.9 Å².